The molecule has 2 aromatic heterocycles. The number of nitrogens with one attached hydrogen (secondary N) is 1. The Hall–Kier alpha value is -2.74. The summed E-state index contributed by atoms with van der Waals surface area (Å²) in [5.41, 5.74) is 1.99. The number of methoxy groups -OCH3 is 2. The molecule has 2 atom stereocenters. The van der Waals surface area contributed by atoms with Crippen LogP contribution in [0.15, 0.2) is 21.5 Å². The van der Waals surface area contributed by atoms with Gasteiger partial charge in [0.1, 0.15) is 11.5 Å². The first kappa shape index (κ1) is 26.3. The maximum absolute atomic E-state index is 13.4. The molecule has 36 heavy (non-hydrogen) atoms. The lowest BCUT2D eigenvalue weighted by atomic mass is 9.97. The minimum atomic E-state index is -3.62. The first-order valence-electron chi connectivity index (χ1n) is 11.9. The lowest BCUT2D eigenvalue weighted by Gasteiger charge is -2.44. The number of aromatic nitrogens is 3. The standard InChI is InChI=1S/C23H35N7O5S/c1-13(2)17-7-19(34-6)26-20(14(3)4)21(17)27-23(31)28-36(24,32)18-8-25-30-9-15(12-35-22(18)30)29-10-16(11-29)33-5/h7-8,13-16H,9-12H2,1-6H3,(H3,24,27,28,31,32)/t15-,36?/m0/s1. The van der Waals surface area contributed by atoms with Crippen LogP contribution in [0.3, 0.4) is 0 Å². The summed E-state index contributed by atoms with van der Waals surface area (Å²) in [5, 5.41) is 13.1. The number of nitrogens with two attached hydrogens (primary N) is 1. The van der Waals surface area contributed by atoms with E-state index in [0.717, 1.165) is 18.7 Å². The summed E-state index contributed by atoms with van der Waals surface area (Å²) < 4.78 is 35.4. The van der Waals surface area contributed by atoms with E-state index in [1.165, 1.54) is 6.20 Å². The summed E-state index contributed by atoms with van der Waals surface area (Å²) in [6, 6.07) is 1.06. The fraction of sp³-hybridized carbons (Fsp3) is 0.609. The van der Waals surface area contributed by atoms with Crippen molar-refractivity contribution in [1.29, 1.82) is 0 Å². The second kappa shape index (κ2) is 10.3. The first-order chi connectivity index (χ1) is 17.0. The van der Waals surface area contributed by atoms with Crippen LogP contribution in [0.2, 0.25) is 0 Å². The van der Waals surface area contributed by atoms with Gasteiger partial charge in [0.15, 0.2) is 9.92 Å². The number of pyridine rings is 1. The maximum Gasteiger partial charge on any atom is 0.354 e. The fourth-order valence-electron chi connectivity index (χ4n) is 4.37. The van der Waals surface area contributed by atoms with E-state index in [2.05, 4.69) is 24.7 Å². The van der Waals surface area contributed by atoms with Gasteiger partial charge in [-0.3, -0.25) is 4.90 Å². The summed E-state index contributed by atoms with van der Waals surface area (Å²) in [6.45, 7) is 10.5. The molecule has 0 spiro atoms. The molecule has 198 valence electrons. The molecular formula is C23H35N7O5S. The van der Waals surface area contributed by atoms with Crippen molar-refractivity contribution in [3.05, 3.63) is 23.5 Å². The molecule has 0 bridgehead atoms. The molecule has 2 aromatic rings. The zero-order chi connectivity index (χ0) is 26.2. The Morgan fingerprint density at radius 1 is 1.25 bits per heavy atom. The van der Waals surface area contributed by atoms with Crippen LogP contribution in [0, 0.1) is 0 Å². The van der Waals surface area contributed by atoms with Crippen molar-refractivity contribution in [2.45, 2.75) is 63.1 Å². The van der Waals surface area contributed by atoms with Crippen LogP contribution in [-0.2, 0) is 21.2 Å². The number of rotatable bonds is 7. The highest BCUT2D eigenvalue weighted by Gasteiger charge is 2.37. The molecule has 0 radical (unpaired) electrons. The van der Waals surface area contributed by atoms with Crippen molar-refractivity contribution in [2.24, 2.45) is 9.50 Å². The van der Waals surface area contributed by atoms with Gasteiger partial charge in [0.05, 0.1) is 43.4 Å². The number of urea groups is 1. The number of ether oxygens (including phenoxy) is 3. The van der Waals surface area contributed by atoms with E-state index in [4.69, 9.17) is 19.3 Å². The molecular weight excluding hydrogens is 486 g/mol. The van der Waals surface area contributed by atoms with Crippen LogP contribution in [0.5, 0.6) is 11.8 Å². The molecule has 1 fully saturated rings. The molecule has 3 N–H and O–H groups in total. The number of fused-ring (bicyclic) bond motifs is 1. The van der Waals surface area contributed by atoms with Gasteiger partial charge in [-0.1, -0.05) is 27.7 Å². The third-order valence-electron chi connectivity index (χ3n) is 6.48. The highest BCUT2D eigenvalue weighted by molar-refractivity contribution is 7.91. The third kappa shape index (κ3) is 5.19. The van der Waals surface area contributed by atoms with Gasteiger partial charge in [-0.2, -0.15) is 5.10 Å². The second-order valence-electron chi connectivity index (χ2n) is 9.69. The SMILES string of the molecule is COc1cc(C(C)C)c(NC(=O)N=S(N)(=O)c2cnn3c2OC[C@@H](N2CC(OC)C2)C3)c(C(C)C)n1. The van der Waals surface area contributed by atoms with Gasteiger partial charge in [0.2, 0.25) is 11.8 Å². The van der Waals surface area contributed by atoms with Crippen molar-refractivity contribution in [3.8, 4) is 11.8 Å². The van der Waals surface area contributed by atoms with E-state index in [-0.39, 0.29) is 34.8 Å². The minimum Gasteiger partial charge on any atom is -0.481 e. The number of carbonyl (C=O) groups excluding carboxylic acids is 1. The van der Waals surface area contributed by atoms with Crippen LogP contribution in [0.25, 0.3) is 0 Å². The number of amides is 2. The third-order valence-corrected chi connectivity index (χ3v) is 7.83. The van der Waals surface area contributed by atoms with Gasteiger partial charge in [-0.25, -0.2) is 23.8 Å². The van der Waals surface area contributed by atoms with Crippen LogP contribution in [-0.4, -0.2) is 76.0 Å². The van der Waals surface area contributed by atoms with Crippen LogP contribution >= 0.6 is 0 Å². The largest absolute Gasteiger partial charge is 0.481 e. The lowest BCUT2D eigenvalue weighted by molar-refractivity contribution is -0.0687. The average Bonchev–Trinajstić information content (AvgIpc) is 3.22. The first-order valence-corrected chi connectivity index (χ1v) is 13.5. The van der Waals surface area contributed by atoms with Crippen LogP contribution in [0.1, 0.15) is 50.8 Å². The molecule has 4 rings (SSSR count). The van der Waals surface area contributed by atoms with E-state index in [1.807, 2.05) is 27.7 Å². The molecule has 4 heterocycles. The molecule has 12 nitrogen and oxygen atoms in total. The summed E-state index contributed by atoms with van der Waals surface area (Å²) in [5.74, 6) is 0.783. The Labute approximate surface area is 211 Å². The average molecular weight is 522 g/mol. The van der Waals surface area contributed by atoms with Gasteiger partial charge in [0, 0.05) is 26.3 Å². The summed E-state index contributed by atoms with van der Waals surface area (Å²) in [7, 11) is -0.375. The number of carbonyl (C=O) groups is 1. The number of hydrogen-bond donors (Lipinski definition) is 2. The Balaban J connectivity index is 1.57. The Morgan fingerprint density at radius 2 is 1.97 bits per heavy atom. The zero-order valence-corrected chi connectivity index (χ0v) is 22.4. The quantitative estimate of drug-likeness (QED) is 0.565. The molecule has 13 heteroatoms. The van der Waals surface area contributed by atoms with Gasteiger partial charge in [-0.05, 0) is 17.4 Å². The smallest absolute Gasteiger partial charge is 0.354 e. The Bertz CT molecular complexity index is 1220. The Morgan fingerprint density at radius 3 is 2.58 bits per heavy atom. The van der Waals surface area contributed by atoms with E-state index in [9.17, 15) is 9.00 Å². The fourth-order valence-corrected chi connectivity index (χ4v) is 5.38. The summed E-state index contributed by atoms with van der Waals surface area (Å²) in [4.78, 5) is 19.8. The van der Waals surface area contributed by atoms with E-state index in [1.54, 1.807) is 25.0 Å². The number of hydrogen-bond acceptors (Lipinski definition) is 8. The number of likely N-dealkylation sites (tertiary alicyclic amines) is 1. The molecule has 2 aliphatic heterocycles. The molecule has 1 unspecified atom stereocenters. The molecule has 0 aromatic carbocycles. The number of nitrogens with zero attached hydrogens (tertiary/aromatic N) is 5. The predicted octanol–water partition coefficient (Wildman–Crippen LogP) is 2.56. The maximum atomic E-state index is 13.4. The van der Waals surface area contributed by atoms with E-state index in [0.29, 0.717) is 30.4 Å². The van der Waals surface area contributed by atoms with Crippen LogP contribution in [0.4, 0.5) is 10.5 Å². The van der Waals surface area contributed by atoms with Crippen molar-refractivity contribution >= 4 is 21.6 Å². The van der Waals surface area contributed by atoms with Crippen molar-refractivity contribution in [3.63, 3.8) is 0 Å². The molecule has 1 saturated heterocycles. The zero-order valence-electron chi connectivity index (χ0n) is 21.6. The Kier molecular flexibility index (Phi) is 7.55. The highest BCUT2D eigenvalue weighted by atomic mass is 32.2. The van der Waals surface area contributed by atoms with Gasteiger partial charge >= 0.3 is 6.03 Å². The van der Waals surface area contributed by atoms with Gasteiger partial charge in [0.25, 0.3) is 0 Å². The van der Waals surface area contributed by atoms with Crippen molar-refractivity contribution < 1.29 is 23.2 Å². The predicted molar refractivity (Wildman–Crippen MR) is 135 cm³/mol. The lowest BCUT2D eigenvalue weighted by Crippen LogP contribution is -2.59. The van der Waals surface area contributed by atoms with Crippen molar-refractivity contribution in [1.82, 2.24) is 19.7 Å². The molecule has 0 saturated carbocycles. The highest BCUT2D eigenvalue weighted by Crippen LogP contribution is 2.34. The minimum absolute atomic E-state index is 0.00949. The molecule has 2 aliphatic rings. The van der Waals surface area contributed by atoms with E-state index >= 15 is 0 Å². The monoisotopic (exact) mass is 521 g/mol. The summed E-state index contributed by atoms with van der Waals surface area (Å²) >= 11 is 0. The van der Waals surface area contributed by atoms with Gasteiger partial charge < -0.3 is 19.5 Å². The van der Waals surface area contributed by atoms with E-state index < -0.39 is 15.9 Å². The molecule has 0 aliphatic carbocycles. The summed E-state index contributed by atoms with van der Waals surface area (Å²) in [6.07, 6.45) is 1.59. The normalized spacial score (nSPS) is 19.9. The number of anilines is 1. The van der Waals surface area contributed by atoms with Crippen molar-refractivity contribution in [2.75, 3.05) is 39.2 Å². The van der Waals surface area contributed by atoms with Crippen LogP contribution < -0.4 is 19.9 Å². The van der Waals surface area contributed by atoms with Gasteiger partial charge in [-0.15, -0.1) is 4.36 Å². The topological polar surface area (TPSA) is 146 Å². The second-order valence-corrected chi connectivity index (χ2v) is 11.4. The molecule has 2 amide bonds.